The summed E-state index contributed by atoms with van der Waals surface area (Å²) in [4.78, 5) is 12.8. The summed E-state index contributed by atoms with van der Waals surface area (Å²) < 4.78 is 0. The first-order valence-electron chi connectivity index (χ1n) is 6.84. The Labute approximate surface area is 113 Å². The van der Waals surface area contributed by atoms with Crippen molar-refractivity contribution >= 4 is 5.96 Å². The molecular weight excluding hydrogens is 240 g/mol. The van der Waals surface area contributed by atoms with Crippen molar-refractivity contribution in [2.75, 3.05) is 0 Å². The average Bonchev–Trinajstić information content (AvgIpc) is 2.44. The molecule has 104 valence electrons. The second-order valence-corrected chi connectivity index (χ2v) is 4.88. The molecule has 2 rings (SSSR count). The number of rotatable bonds is 3. The monoisotopic (exact) mass is 262 g/mol. The first kappa shape index (κ1) is 13.7. The molecule has 1 aliphatic rings. The van der Waals surface area contributed by atoms with Gasteiger partial charge in [-0.1, -0.05) is 19.3 Å². The van der Waals surface area contributed by atoms with Gasteiger partial charge in [0, 0.05) is 12.2 Å². The molecule has 1 aliphatic carbocycles. The fourth-order valence-corrected chi connectivity index (χ4v) is 2.33. The van der Waals surface area contributed by atoms with Gasteiger partial charge in [0.15, 0.2) is 0 Å². The van der Waals surface area contributed by atoms with Gasteiger partial charge < -0.3 is 5.32 Å². The highest BCUT2D eigenvalue weighted by Crippen LogP contribution is 2.17. The minimum Gasteiger partial charge on any atom is -0.353 e. The van der Waals surface area contributed by atoms with Crippen molar-refractivity contribution in [2.24, 2.45) is 10.8 Å². The first-order chi connectivity index (χ1) is 9.28. The van der Waals surface area contributed by atoms with Crippen molar-refractivity contribution in [1.82, 2.24) is 20.7 Å². The number of aromatic nitrogens is 2. The zero-order valence-electron chi connectivity index (χ0n) is 11.4. The van der Waals surface area contributed by atoms with E-state index in [0.29, 0.717) is 18.5 Å². The molecule has 0 aliphatic heterocycles. The number of aryl methyl sites for hydroxylation is 1. The van der Waals surface area contributed by atoms with Crippen molar-refractivity contribution in [1.29, 1.82) is 0 Å². The second kappa shape index (κ2) is 7.04. The van der Waals surface area contributed by atoms with E-state index in [1.54, 1.807) is 6.20 Å². The number of hydrogen-bond donors (Lipinski definition) is 3. The molecular formula is C13H22N6. The molecule has 6 heteroatoms. The van der Waals surface area contributed by atoms with E-state index in [-0.39, 0.29) is 0 Å². The maximum absolute atomic E-state index is 5.51. The largest absolute Gasteiger partial charge is 0.353 e. The summed E-state index contributed by atoms with van der Waals surface area (Å²) in [5, 5.41) is 3.36. The predicted octanol–water partition coefficient (Wildman–Crippen LogP) is 1.03. The summed E-state index contributed by atoms with van der Waals surface area (Å²) in [6.45, 7) is 2.37. The molecule has 1 aromatic rings. The van der Waals surface area contributed by atoms with Gasteiger partial charge in [0.2, 0.25) is 5.96 Å². The Morgan fingerprint density at radius 3 is 2.89 bits per heavy atom. The Morgan fingerprint density at radius 1 is 1.42 bits per heavy atom. The molecule has 6 nitrogen and oxygen atoms in total. The number of nitrogens with zero attached hydrogens (tertiary/aromatic N) is 3. The molecule has 0 unspecified atom stereocenters. The van der Waals surface area contributed by atoms with Gasteiger partial charge in [0.1, 0.15) is 5.82 Å². The maximum atomic E-state index is 5.51. The predicted molar refractivity (Wildman–Crippen MR) is 75.2 cm³/mol. The molecule has 0 bridgehead atoms. The Morgan fingerprint density at radius 2 is 2.21 bits per heavy atom. The van der Waals surface area contributed by atoms with Crippen LogP contribution in [0.5, 0.6) is 0 Å². The van der Waals surface area contributed by atoms with Crippen molar-refractivity contribution in [3.05, 3.63) is 23.8 Å². The number of nitrogens with two attached hydrogens (primary N) is 1. The number of guanidine groups is 1. The minimum atomic E-state index is 0.482. The molecule has 4 N–H and O–H groups in total. The van der Waals surface area contributed by atoms with Gasteiger partial charge >= 0.3 is 0 Å². The highest BCUT2D eigenvalue weighted by atomic mass is 15.3. The van der Waals surface area contributed by atoms with Crippen LogP contribution in [0, 0.1) is 6.92 Å². The third kappa shape index (κ3) is 4.48. The molecule has 1 heterocycles. The summed E-state index contributed by atoms with van der Waals surface area (Å²) in [7, 11) is 0. The standard InChI is InChI=1S/C13H22N6/c1-10-15-8-7-12(17-10)9-16-13(19-14)18-11-5-3-2-4-6-11/h7-8,11H,2-6,9,14H2,1H3,(H2,16,18,19). The Kier molecular flexibility index (Phi) is 5.09. The molecule has 0 spiro atoms. The van der Waals surface area contributed by atoms with E-state index in [0.717, 1.165) is 11.5 Å². The quantitative estimate of drug-likeness (QED) is 0.328. The number of hydrazine groups is 1. The van der Waals surface area contributed by atoms with Crippen LogP contribution in [-0.4, -0.2) is 22.0 Å². The highest BCUT2D eigenvalue weighted by Gasteiger charge is 2.14. The highest BCUT2D eigenvalue weighted by molar-refractivity contribution is 5.79. The molecule has 0 amide bonds. The van der Waals surface area contributed by atoms with Gasteiger partial charge in [-0.2, -0.15) is 0 Å². The van der Waals surface area contributed by atoms with Crippen LogP contribution in [0.15, 0.2) is 17.3 Å². The van der Waals surface area contributed by atoms with Crippen molar-refractivity contribution in [3.8, 4) is 0 Å². The maximum Gasteiger partial charge on any atom is 0.206 e. The van der Waals surface area contributed by atoms with Crippen LogP contribution >= 0.6 is 0 Å². The van der Waals surface area contributed by atoms with E-state index in [1.165, 1.54) is 32.1 Å². The summed E-state index contributed by atoms with van der Waals surface area (Å²) in [5.74, 6) is 6.91. The topological polar surface area (TPSA) is 88.2 Å². The lowest BCUT2D eigenvalue weighted by Gasteiger charge is -2.24. The molecule has 1 fully saturated rings. The van der Waals surface area contributed by atoms with Gasteiger partial charge in [0.05, 0.1) is 12.2 Å². The number of aliphatic imine (C=N–C) groups is 1. The number of hydrogen-bond acceptors (Lipinski definition) is 4. The van der Waals surface area contributed by atoms with Crippen LogP contribution in [0.1, 0.15) is 43.6 Å². The fourth-order valence-electron chi connectivity index (χ4n) is 2.33. The van der Waals surface area contributed by atoms with Crippen LogP contribution in [0.3, 0.4) is 0 Å². The molecule has 0 radical (unpaired) electrons. The van der Waals surface area contributed by atoms with Crippen molar-refractivity contribution in [2.45, 2.75) is 51.6 Å². The van der Waals surface area contributed by atoms with Gasteiger partial charge in [-0.25, -0.2) is 20.8 Å². The van der Waals surface area contributed by atoms with Crippen LogP contribution in [0.2, 0.25) is 0 Å². The zero-order chi connectivity index (χ0) is 13.5. The van der Waals surface area contributed by atoms with Gasteiger partial charge in [-0.3, -0.25) is 5.43 Å². The first-order valence-corrected chi connectivity index (χ1v) is 6.84. The van der Waals surface area contributed by atoms with E-state index < -0.39 is 0 Å². The van der Waals surface area contributed by atoms with Crippen LogP contribution < -0.4 is 16.6 Å². The second-order valence-electron chi connectivity index (χ2n) is 4.88. The lowest BCUT2D eigenvalue weighted by Crippen LogP contribution is -2.47. The van der Waals surface area contributed by atoms with Gasteiger partial charge in [-0.15, -0.1) is 0 Å². The fraction of sp³-hybridized carbons (Fsp3) is 0.615. The third-order valence-corrected chi connectivity index (χ3v) is 3.32. The van der Waals surface area contributed by atoms with Crippen molar-refractivity contribution < 1.29 is 0 Å². The van der Waals surface area contributed by atoms with Crippen LogP contribution in [0.25, 0.3) is 0 Å². The van der Waals surface area contributed by atoms with E-state index >= 15 is 0 Å². The molecule has 19 heavy (non-hydrogen) atoms. The van der Waals surface area contributed by atoms with E-state index in [4.69, 9.17) is 5.84 Å². The zero-order valence-corrected chi connectivity index (χ0v) is 11.4. The van der Waals surface area contributed by atoms with Crippen LogP contribution in [0.4, 0.5) is 0 Å². The van der Waals surface area contributed by atoms with Gasteiger partial charge in [0.25, 0.3) is 0 Å². The molecule has 0 saturated heterocycles. The lowest BCUT2D eigenvalue weighted by atomic mass is 9.96. The molecule has 1 aromatic heterocycles. The smallest absolute Gasteiger partial charge is 0.206 e. The summed E-state index contributed by atoms with van der Waals surface area (Å²) in [5.41, 5.74) is 3.52. The Balaban J connectivity index is 1.91. The number of nitrogens with one attached hydrogen (secondary N) is 2. The van der Waals surface area contributed by atoms with Crippen LogP contribution in [-0.2, 0) is 6.54 Å². The average molecular weight is 262 g/mol. The molecule has 0 aromatic carbocycles. The lowest BCUT2D eigenvalue weighted by molar-refractivity contribution is 0.410. The van der Waals surface area contributed by atoms with E-state index in [9.17, 15) is 0 Å². The van der Waals surface area contributed by atoms with Gasteiger partial charge in [-0.05, 0) is 25.8 Å². The summed E-state index contributed by atoms with van der Waals surface area (Å²) in [6, 6.07) is 2.35. The normalized spacial score (nSPS) is 17.3. The Hall–Kier alpha value is -1.69. The SMILES string of the molecule is Cc1nccc(CN=C(NN)NC2CCCCC2)n1. The molecule has 1 saturated carbocycles. The van der Waals surface area contributed by atoms with E-state index in [2.05, 4.69) is 25.7 Å². The van der Waals surface area contributed by atoms with E-state index in [1.807, 2.05) is 13.0 Å². The summed E-state index contributed by atoms with van der Waals surface area (Å²) >= 11 is 0. The van der Waals surface area contributed by atoms with Crippen molar-refractivity contribution in [3.63, 3.8) is 0 Å². The Bertz CT molecular complexity index is 425. The molecule has 0 atom stereocenters. The summed E-state index contributed by atoms with van der Waals surface area (Å²) in [6.07, 6.45) is 8.01. The minimum absolute atomic E-state index is 0.482. The third-order valence-electron chi connectivity index (χ3n) is 3.32.